The van der Waals surface area contributed by atoms with Crippen LogP contribution in [0.15, 0.2) is 60.8 Å². The topological polar surface area (TPSA) is 30.0 Å². The zero-order valence-corrected chi connectivity index (χ0v) is 11.5. The van der Waals surface area contributed by atoms with Gasteiger partial charge in [-0.05, 0) is 29.8 Å². The molecule has 2 aromatic carbocycles. The first kappa shape index (κ1) is 12.8. The van der Waals surface area contributed by atoms with Gasteiger partial charge in [0.2, 0.25) is 0 Å². The van der Waals surface area contributed by atoms with Gasteiger partial charge in [0.1, 0.15) is 0 Å². The summed E-state index contributed by atoms with van der Waals surface area (Å²) in [5, 5.41) is 1.62. The average Bonchev–Trinajstić information content (AvgIpc) is 2.47. The number of fused-ring (bicyclic) bond motifs is 1. The van der Waals surface area contributed by atoms with Crippen molar-refractivity contribution < 1.29 is 4.79 Å². The Labute approximate surface area is 122 Å². The van der Waals surface area contributed by atoms with E-state index in [2.05, 4.69) is 4.98 Å². The van der Waals surface area contributed by atoms with Crippen molar-refractivity contribution in [1.82, 2.24) is 4.98 Å². The molecule has 0 atom stereocenters. The number of Topliss-reactive ketones (excluding diaryl/α,β-unsaturated/α-hetero) is 1. The molecule has 3 heteroatoms. The molecule has 0 bridgehead atoms. The Morgan fingerprint density at radius 3 is 2.75 bits per heavy atom. The summed E-state index contributed by atoms with van der Waals surface area (Å²) in [5.74, 6) is 0.0468. The highest BCUT2D eigenvalue weighted by Gasteiger charge is 2.08. The summed E-state index contributed by atoms with van der Waals surface area (Å²) < 4.78 is 0. The van der Waals surface area contributed by atoms with Crippen molar-refractivity contribution in [3.63, 3.8) is 0 Å². The van der Waals surface area contributed by atoms with Gasteiger partial charge >= 0.3 is 0 Å². The van der Waals surface area contributed by atoms with Crippen LogP contribution in [-0.2, 0) is 6.42 Å². The number of halogens is 1. The molecule has 1 aromatic heterocycles. The SMILES string of the molecule is O=C(Cc1cccc(Cl)c1)c1cnc2ccccc2c1. The van der Waals surface area contributed by atoms with Crippen LogP contribution in [0.5, 0.6) is 0 Å². The highest BCUT2D eigenvalue weighted by Crippen LogP contribution is 2.16. The molecule has 0 radical (unpaired) electrons. The van der Waals surface area contributed by atoms with Crippen molar-refractivity contribution in [2.75, 3.05) is 0 Å². The van der Waals surface area contributed by atoms with Gasteiger partial charge in [-0.2, -0.15) is 0 Å². The lowest BCUT2D eigenvalue weighted by Crippen LogP contribution is -2.04. The minimum atomic E-state index is 0.0468. The number of hydrogen-bond acceptors (Lipinski definition) is 2. The van der Waals surface area contributed by atoms with Crippen molar-refractivity contribution in [3.05, 3.63) is 76.9 Å². The van der Waals surface area contributed by atoms with E-state index in [1.54, 1.807) is 12.3 Å². The van der Waals surface area contributed by atoms with Crippen LogP contribution in [0.25, 0.3) is 10.9 Å². The standard InChI is InChI=1S/C17H12ClNO/c18-15-6-3-4-12(8-15)9-17(20)14-10-13-5-1-2-7-16(13)19-11-14/h1-8,10-11H,9H2. The Hall–Kier alpha value is -2.19. The molecule has 3 rings (SSSR count). The van der Waals surface area contributed by atoms with Gasteiger partial charge in [-0.1, -0.05) is 41.9 Å². The maximum atomic E-state index is 12.3. The van der Waals surface area contributed by atoms with Crippen molar-refractivity contribution >= 4 is 28.3 Å². The van der Waals surface area contributed by atoms with Crippen LogP contribution in [0.1, 0.15) is 15.9 Å². The predicted molar refractivity (Wildman–Crippen MR) is 81.2 cm³/mol. The maximum absolute atomic E-state index is 12.3. The Balaban J connectivity index is 1.88. The Kier molecular flexibility index (Phi) is 3.48. The number of aromatic nitrogens is 1. The summed E-state index contributed by atoms with van der Waals surface area (Å²) in [6, 6.07) is 17.0. The summed E-state index contributed by atoms with van der Waals surface area (Å²) >= 11 is 5.93. The van der Waals surface area contributed by atoms with E-state index < -0.39 is 0 Å². The number of carbonyl (C=O) groups is 1. The zero-order valence-electron chi connectivity index (χ0n) is 10.7. The van der Waals surface area contributed by atoms with Gasteiger partial charge in [-0.15, -0.1) is 0 Å². The molecule has 0 unspecified atom stereocenters. The normalized spacial score (nSPS) is 10.7. The molecule has 1 heterocycles. The number of benzene rings is 2. The fourth-order valence-corrected chi connectivity index (χ4v) is 2.37. The molecule has 0 amide bonds. The van der Waals surface area contributed by atoms with Gasteiger partial charge in [0.15, 0.2) is 5.78 Å². The van der Waals surface area contributed by atoms with Gasteiger partial charge in [-0.3, -0.25) is 9.78 Å². The van der Waals surface area contributed by atoms with Crippen molar-refractivity contribution in [3.8, 4) is 0 Å². The summed E-state index contributed by atoms with van der Waals surface area (Å²) in [4.78, 5) is 16.6. The van der Waals surface area contributed by atoms with Crippen LogP contribution in [0.3, 0.4) is 0 Å². The van der Waals surface area contributed by atoms with E-state index in [0.717, 1.165) is 16.5 Å². The monoisotopic (exact) mass is 281 g/mol. The lowest BCUT2D eigenvalue weighted by atomic mass is 10.0. The third kappa shape index (κ3) is 2.70. The number of ketones is 1. The second-order valence-corrected chi connectivity index (χ2v) is 5.08. The molecule has 2 nitrogen and oxygen atoms in total. The molecule has 0 N–H and O–H groups in total. The maximum Gasteiger partial charge on any atom is 0.168 e. The third-order valence-electron chi connectivity index (χ3n) is 3.17. The zero-order chi connectivity index (χ0) is 13.9. The van der Waals surface area contributed by atoms with Crippen LogP contribution in [0.2, 0.25) is 5.02 Å². The lowest BCUT2D eigenvalue weighted by molar-refractivity contribution is 0.0993. The van der Waals surface area contributed by atoms with Crippen molar-refractivity contribution in [1.29, 1.82) is 0 Å². The molecule has 3 aromatic rings. The number of rotatable bonds is 3. The van der Waals surface area contributed by atoms with Crippen LogP contribution in [0, 0.1) is 0 Å². The largest absolute Gasteiger partial charge is 0.294 e. The summed E-state index contributed by atoms with van der Waals surface area (Å²) in [6.07, 6.45) is 1.97. The smallest absolute Gasteiger partial charge is 0.168 e. The minimum absolute atomic E-state index is 0.0468. The molecule has 0 spiro atoms. The predicted octanol–water partition coefficient (Wildman–Crippen LogP) is 4.31. The van der Waals surface area contributed by atoms with Crippen LogP contribution in [-0.4, -0.2) is 10.8 Å². The van der Waals surface area contributed by atoms with E-state index in [-0.39, 0.29) is 5.78 Å². The van der Waals surface area contributed by atoms with Gasteiger partial charge < -0.3 is 0 Å². The summed E-state index contributed by atoms with van der Waals surface area (Å²) in [7, 11) is 0. The summed E-state index contributed by atoms with van der Waals surface area (Å²) in [6.45, 7) is 0. The second-order valence-electron chi connectivity index (χ2n) is 4.65. The molecule has 0 fully saturated rings. The molecular formula is C17H12ClNO. The first-order valence-corrected chi connectivity index (χ1v) is 6.72. The Bertz CT molecular complexity index is 783. The van der Waals surface area contributed by atoms with Gasteiger partial charge in [0, 0.05) is 28.6 Å². The van der Waals surface area contributed by atoms with E-state index in [9.17, 15) is 4.79 Å². The lowest BCUT2D eigenvalue weighted by Gasteiger charge is -2.03. The minimum Gasteiger partial charge on any atom is -0.294 e. The highest BCUT2D eigenvalue weighted by atomic mass is 35.5. The molecular weight excluding hydrogens is 270 g/mol. The van der Waals surface area contributed by atoms with E-state index >= 15 is 0 Å². The second kappa shape index (κ2) is 5.43. The molecule has 0 aliphatic heterocycles. The number of pyridine rings is 1. The van der Waals surface area contributed by atoms with E-state index in [1.165, 1.54) is 0 Å². The fraction of sp³-hybridized carbons (Fsp3) is 0.0588. The fourth-order valence-electron chi connectivity index (χ4n) is 2.16. The van der Waals surface area contributed by atoms with Crippen LogP contribution >= 0.6 is 11.6 Å². The quantitative estimate of drug-likeness (QED) is 0.670. The molecule has 0 saturated carbocycles. The van der Waals surface area contributed by atoms with Gasteiger partial charge in [0.25, 0.3) is 0 Å². The first-order chi connectivity index (χ1) is 9.72. The average molecular weight is 282 g/mol. The number of hydrogen-bond donors (Lipinski definition) is 0. The first-order valence-electron chi connectivity index (χ1n) is 6.35. The summed E-state index contributed by atoms with van der Waals surface area (Å²) in [5.41, 5.74) is 2.44. The van der Waals surface area contributed by atoms with E-state index in [4.69, 9.17) is 11.6 Å². The van der Waals surface area contributed by atoms with E-state index in [0.29, 0.717) is 17.0 Å². The molecule has 0 aliphatic carbocycles. The number of para-hydroxylation sites is 1. The number of nitrogens with zero attached hydrogens (tertiary/aromatic N) is 1. The van der Waals surface area contributed by atoms with Crippen molar-refractivity contribution in [2.24, 2.45) is 0 Å². The number of carbonyl (C=O) groups excluding carboxylic acids is 1. The molecule has 0 aliphatic rings. The molecule has 98 valence electrons. The van der Waals surface area contributed by atoms with E-state index in [1.807, 2.05) is 48.5 Å². The van der Waals surface area contributed by atoms with Crippen molar-refractivity contribution in [2.45, 2.75) is 6.42 Å². The molecule has 0 saturated heterocycles. The van der Waals surface area contributed by atoms with Crippen LogP contribution in [0.4, 0.5) is 0 Å². The molecule has 20 heavy (non-hydrogen) atoms. The third-order valence-corrected chi connectivity index (χ3v) is 3.40. The Morgan fingerprint density at radius 2 is 1.90 bits per heavy atom. The Morgan fingerprint density at radius 1 is 1.05 bits per heavy atom. The highest BCUT2D eigenvalue weighted by molar-refractivity contribution is 6.30. The van der Waals surface area contributed by atoms with Gasteiger partial charge in [0.05, 0.1) is 5.52 Å². The van der Waals surface area contributed by atoms with Gasteiger partial charge in [-0.25, -0.2) is 0 Å². The van der Waals surface area contributed by atoms with Crippen LogP contribution < -0.4 is 0 Å².